The minimum Gasteiger partial charge on any atom is -0.484 e. The molecule has 1 amide bonds. The number of ether oxygens (including phenoxy) is 2. The lowest BCUT2D eigenvalue weighted by atomic mass is 10.1. The highest BCUT2D eigenvalue weighted by molar-refractivity contribution is 14.1. The molecule has 0 aliphatic heterocycles. The van der Waals surface area contributed by atoms with Gasteiger partial charge in [-0.05, 0) is 58.3 Å². The van der Waals surface area contributed by atoms with E-state index in [4.69, 9.17) is 4.74 Å². The van der Waals surface area contributed by atoms with Crippen LogP contribution in [0.5, 0.6) is 5.75 Å². The summed E-state index contributed by atoms with van der Waals surface area (Å²) in [5.41, 5.74) is 0. The van der Waals surface area contributed by atoms with Crippen molar-refractivity contribution in [3.8, 4) is 5.75 Å². The number of amides is 1. The summed E-state index contributed by atoms with van der Waals surface area (Å²) in [6.45, 7) is -0.107. The molecule has 1 unspecified atom stereocenters. The number of carbonyl (C=O) groups excluding carboxylic acids is 2. The van der Waals surface area contributed by atoms with E-state index in [0.717, 1.165) is 8.45 Å². The van der Waals surface area contributed by atoms with E-state index in [1.165, 1.54) is 18.4 Å². The first-order valence-corrected chi connectivity index (χ1v) is 8.82. The molecule has 1 aromatic heterocycles. The van der Waals surface area contributed by atoms with E-state index in [-0.39, 0.29) is 24.9 Å². The minimum atomic E-state index is -0.407. The van der Waals surface area contributed by atoms with Crippen molar-refractivity contribution in [1.82, 2.24) is 5.32 Å². The predicted molar refractivity (Wildman–Crippen MR) is 96.5 cm³/mol. The molecule has 7 heteroatoms. The number of halogens is 1. The fourth-order valence-electron chi connectivity index (χ4n) is 1.88. The van der Waals surface area contributed by atoms with Crippen LogP contribution in [0.25, 0.3) is 0 Å². The molecule has 0 bridgehead atoms. The van der Waals surface area contributed by atoms with Crippen molar-refractivity contribution in [3.63, 3.8) is 0 Å². The van der Waals surface area contributed by atoms with Gasteiger partial charge in [0.2, 0.25) is 0 Å². The van der Waals surface area contributed by atoms with E-state index in [2.05, 4.69) is 32.6 Å². The number of esters is 1. The van der Waals surface area contributed by atoms with Gasteiger partial charge in [-0.2, -0.15) is 0 Å². The van der Waals surface area contributed by atoms with Crippen LogP contribution in [0.4, 0.5) is 0 Å². The van der Waals surface area contributed by atoms with Crippen LogP contribution in [0.3, 0.4) is 0 Å². The van der Waals surface area contributed by atoms with Gasteiger partial charge in [0.05, 0.1) is 19.6 Å². The fourth-order valence-corrected chi connectivity index (χ4v) is 3.02. The van der Waals surface area contributed by atoms with Crippen molar-refractivity contribution in [3.05, 3.63) is 50.2 Å². The van der Waals surface area contributed by atoms with Crippen LogP contribution in [0.1, 0.15) is 17.3 Å². The Labute approximate surface area is 152 Å². The quantitative estimate of drug-likeness (QED) is 0.526. The number of hydrogen-bond acceptors (Lipinski definition) is 5. The molecule has 2 aromatic rings. The summed E-state index contributed by atoms with van der Waals surface area (Å²) in [6.07, 6.45) is 0.0896. The second-order valence-electron chi connectivity index (χ2n) is 4.66. The van der Waals surface area contributed by atoms with E-state index in [9.17, 15) is 9.59 Å². The summed E-state index contributed by atoms with van der Waals surface area (Å²) < 4.78 is 11.2. The van der Waals surface area contributed by atoms with E-state index in [1.54, 1.807) is 12.1 Å². The third-order valence-corrected chi connectivity index (χ3v) is 4.71. The smallest absolute Gasteiger partial charge is 0.307 e. The lowest BCUT2D eigenvalue weighted by molar-refractivity contribution is -0.141. The normalized spacial score (nSPS) is 11.6. The maximum absolute atomic E-state index is 12.1. The number of nitrogens with one attached hydrogen (secondary N) is 1. The molecule has 0 aliphatic rings. The lowest BCUT2D eigenvalue weighted by Gasteiger charge is -2.16. The molecule has 1 heterocycles. The van der Waals surface area contributed by atoms with Gasteiger partial charge >= 0.3 is 5.97 Å². The fraction of sp³-hybridized carbons (Fsp3) is 0.250. The van der Waals surface area contributed by atoms with E-state index in [1.807, 2.05) is 29.6 Å². The Bertz CT molecular complexity index is 643. The molecular formula is C16H16INO4S. The Morgan fingerprint density at radius 3 is 2.61 bits per heavy atom. The number of thiophene rings is 1. The summed E-state index contributed by atoms with van der Waals surface area (Å²) in [4.78, 5) is 24.5. The highest BCUT2D eigenvalue weighted by Crippen LogP contribution is 2.22. The first-order chi connectivity index (χ1) is 11.1. The monoisotopic (exact) mass is 445 g/mol. The van der Waals surface area contributed by atoms with Crippen molar-refractivity contribution in [2.75, 3.05) is 13.7 Å². The summed E-state index contributed by atoms with van der Waals surface area (Å²) in [6, 6.07) is 10.8. The summed E-state index contributed by atoms with van der Waals surface area (Å²) >= 11 is 3.67. The number of hydrogen-bond donors (Lipinski definition) is 1. The Morgan fingerprint density at radius 2 is 2.00 bits per heavy atom. The molecule has 122 valence electrons. The van der Waals surface area contributed by atoms with Gasteiger partial charge in [0, 0.05) is 8.45 Å². The Kier molecular flexibility index (Phi) is 6.85. The predicted octanol–water partition coefficient (Wildman–Crippen LogP) is 3.15. The van der Waals surface area contributed by atoms with Gasteiger partial charge < -0.3 is 14.8 Å². The van der Waals surface area contributed by atoms with Gasteiger partial charge in [0.25, 0.3) is 5.91 Å². The standard InChI is InChI=1S/C16H16INO4S/c1-21-16(20)9-13(14-3-2-8-23-14)18-15(19)10-22-12-6-4-11(17)5-7-12/h2-8,13H,9-10H2,1H3,(H,18,19). The van der Waals surface area contributed by atoms with Crippen LogP contribution in [-0.4, -0.2) is 25.6 Å². The number of rotatable bonds is 7. The zero-order valence-corrected chi connectivity index (χ0v) is 15.4. The Balaban J connectivity index is 1.91. The van der Waals surface area contributed by atoms with Crippen molar-refractivity contribution in [2.24, 2.45) is 0 Å². The molecule has 0 fully saturated rings. The van der Waals surface area contributed by atoms with Gasteiger partial charge in [-0.1, -0.05) is 6.07 Å². The molecule has 0 saturated heterocycles. The van der Waals surface area contributed by atoms with Crippen molar-refractivity contribution >= 4 is 45.8 Å². The molecule has 1 N–H and O–H groups in total. The molecule has 0 radical (unpaired) electrons. The lowest BCUT2D eigenvalue weighted by Crippen LogP contribution is -2.33. The van der Waals surface area contributed by atoms with Gasteiger partial charge in [0.15, 0.2) is 6.61 Å². The largest absolute Gasteiger partial charge is 0.484 e. The Morgan fingerprint density at radius 1 is 1.26 bits per heavy atom. The average molecular weight is 445 g/mol. The van der Waals surface area contributed by atoms with Gasteiger partial charge in [0.1, 0.15) is 5.75 Å². The Hall–Kier alpha value is -1.61. The molecular weight excluding hydrogens is 429 g/mol. The maximum Gasteiger partial charge on any atom is 0.307 e. The SMILES string of the molecule is COC(=O)CC(NC(=O)COc1ccc(I)cc1)c1cccs1. The molecule has 0 saturated carbocycles. The second kappa shape index (κ2) is 8.88. The third-order valence-electron chi connectivity index (χ3n) is 3.00. The number of benzene rings is 1. The second-order valence-corrected chi connectivity index (χ2v) is 6.88. The third kappa shape index (κ3) is 5.83. The van der Waals surface area contributed by atoms with Crippen LogP contribution in [0.2, 0.25) is 0 Å². The van der Waals surface area contributed by atoms with Crippen molar-refractivity contribution in [1.29, 1.82) is 0 Å². The van der Waals surface area contributed by atoms with E-state index < -0.39 is 6.04 Å². The van der Waals surface area contributed by atoms with Crippen LogP contribution < -0.4 is 10.1 Å². The highest BCUT2D eigenvalue weighted by atomic mass is 127. The van der Waals surface area contributed by atoms with Gasteiger partial charge in [-0.3, -0.25) is 9.59 Å². The average Bonchev–Trinajstić information content (AvgIpc) is 3.08. The van der Waals surface area contributed by atoms with Crippen LogP contribution in [0.15, 0.2) is 41.8 Å². The molecule has 2 rings (SSSR count). The number of methoxy groups -OCH3 is 1. The minimum absolute atomic E-state index is 0.0896. The topological polar surface area (TPSA) is 64.6 Å². The van der Waals surface area contributed by atoms with E-state index in [0.29, 0.717) is 5.75 Å². The van der Waals surface area contributed by atoms with E-state index >= 15 is 0 Å². The van der Waals surface area contributed by atoms with Gasteiger partial charge in [-0.15, -0.1) is 11.3 Å². The zero-order valence-electron chi connectivity index (χ0n) is 12.5. The van der Waals surface area contributed by atoms with Gasteiger partial charge in [-0.25, -0.2) is 0 Å². The summed E-state index contributed by atoms with van der Waals surface area (Å²) in [5, 5.41) is 4.71. The molecule has 1 aromatic carbocycles. The molecule has 0 aliphatic carbocycles. The maximum atomic E-state index is 12.1. The first kappa shape index (κ1) is 17.7. The van der Waals surface area contributed by atoms with Crippen molar-refractivity contribution in [2.45, 2.75) is 12.5 Å². The van der Waals surface area contributed by atoms with Crippen LogP contribution >= 0.6 is 33.9 Å². The zero-order chi connectivity index (χ0) is 16.7. The summed E-state index contributed by atoms with van der Waals surface area (Å²) in [5.74, 6) is -0.0330. The highest BCUT2D eigenvalue weighted by Gasteiger charge is 2.20. The molecule has 5 nitrogen and oxygen atoms in total. The van der Waals surface area contributed by atoms with Crippen molar-refractivity contribution < 1.29 is 19.1 Å². The first-order valence-electron chi connectivity index (χ1n) is 6.86. The van der Waals surface area contributed by atoms with Crippen LogP contribution in [-0.2, 0) is 14.3 Å². The number of carbonyl (C=O) groups is 2. The van der Waals surface area contributed by atoms with Crippen LogP contribution in [0, 0.1) is 3.57 Å². The summed E-state index contributed by atoms with van der Waals surface area (Å²) in [7, 11) is 1.33. The molecule has 23 heavy (non-hydrogen) atoms. The molecule has 0 spiro atoms. The molecule has 1 atom stereocenters.